The number of carbonyl (C=O) groups excluding carboxylic acids is 3. The van der Waals surface area contributed by atoms with Crippen LogP contribution in [0.15, 0.2) is 30.3 Å². The number of carbonyl (C=O) groups is 5. The number of nitrogens with two attached hydrogens (primary N) is 1. The lowest BCUT2D eigenvalue weighted by atomic mass is 9.98. The highest BCUT2D eigenvalue weighted by atomic mass is 16.4. The van der Waals surface area contributed by atoms with Crippen LogP contribution in [0, 0.1) is 11.8 Å². The molecule has 1 aromatic carbocycles. The number of aliphatic carboxylic acids is 2. The van der Waals surface area contributed by atoms with E-state index in [1.807, 2.05) is 13.8 Å². The fourth-order valence-electron chi connectivity index (χ4n) is 3.49. The molecule has 0 aromatic heterocycles. The van der Waals surface area contributed by atoms with Crippen LogP contribution in [0.1, 0.15) is 52.5 Å². The van der Waals surface area contributed by atoms with Gasteiger partial charge in [0.1, 0.15) is 18.1 Å². The van der Waals surface area contributed by atoms with Gasteiger partial charge in [-0.15, -0.1) is 0 Å². The lowest BCUT2D eigenvalue weighted by Crippen LogP contribution is -2.58. The first-order valence-electron chi connectivity index (χ1n) is 12.0. The summed E-state index contributed by atoms with van der Waals surface area (Å²) in [5, 5.41) is 26.1. The van der Waals surface area contributed by atoms with Gasteiger partial charge in [0.2, 0.25) is 17.7 Å². The minimum absolute atomic E-state index is 0.00452. The smallest absolute Gasteiger partial charge is 0.326 e. The molecule has 0 aliphatic heterocycles. The molecule has 4 atom stereocenters. The summed E-state index contributed by atoms with van der Waals surface area (Å²) in [6.07, 6.45) is -0.0620. The number of hydrogen-bond donors (Lipinski definition) is 6. The molecule has 0 bridgehead atoms. The summed E-state index contributed by atoms with van der Waals surface area (Å²) in [5.74, 6) is -4.62. The Morgan fingerprint density at radius 2 is 1.42 bits per heavy atom. The van der Waals surface area contributed by atoms with Crippen molar-refractivity contribution in [1.82, 2.24) is 16.0 Å². The lowest BCUT2D eigenvalue weighted by molar-refractivity contribution is -0.142. The molecule has 1 rings (SSSR count). The van der Waals surface area contributed by atoms with E-state index >= 15 is 0 Å². The Balaban J connectivity index is 2.94. The Hall–Kier alpha value is -3.47. The third-order valence-corrected chi connectivity index (χ3v) is 5.49. The van der Waals surface area contributed by atoms with Gasteiger partial charge in [0.15, 0.2) is 0 Å². The molecule has 0 saturated heterocycles. The molecule has 0 spiro atoms. The lowest BCUT2D eigenvalue weighted by Gasteiger charge is -2.27. The molecule has 0 heterocycles. The summed E-state index contributed by atoms with van der Waals surface area (Å²) in [6, 6.07) is 4.47. The van der Waals surface area contributed by atoms with Gasteiger partial charge in [0.05, 0.1) is 6.04 Å². The van der Waals surface area contributed by atoms with E-state index in [0.717, 1.165) is 5.56 Å². The van der Waals surface area contributed by atoms with Gasteiger partial charge < -0.3 is 31.9 Å². The van der Waals surface area contributed by atoms with Crippen molar-refractivity contribution < 1.29 is 34.2 Å². The van der Waals surface area contributed by atoms with E-state index in [2.05, 4.69) is 16.0 Å². The molecule has 1 aromatic rings. The van der Waals surface area contributed by atoms with Gasteiger partial charge in [-0.05, 0) is 30.2 Å². The molecule has 7 N–H and O–H groups in total. The highest BCUT2D eigenvalue weighted by Gasteiger charge is 2.32. The number of nitrogens with one attached hydrogen (secondary N) is 3. The molecule has 11 heteroatoms. The molecule has 0 aliphatic carbocycles. The van der Waals surface area contributed by atoms with Gasteiger partial charge in [-0.3, -0.25) is 19.2 Å². The number of carboxylic acid groups (broad SMARTS) is 2. The van der Waals surface area contributed by atoms with Crippen molar-refractivity contribution in [2.75, 3.05) is 0 Å². The number of hydrogen-bond acceptors (Lipinski definition) is 6. The highest BCUT2D eigenvalue weighted by Crippen LogP contribution is 2.10. The highest BCUT2D eigenvalue weighted by molar-refractivity contribution is 5.94. The number of rotatable bonds is 15. The second-order valence-corrected chi connectivity index (χ2v) is 9.55. The maximum atomic E-state index is 13.1. The summed E-state index contributed by atoms with van der Waals surface area (Å²) in [4.78, 5) is 61.0. The predicted octanol–water partition coefficient (Wildman–Crippen LogP) is 0.662. The van der Waals surface area contributed by atoms with Crippen LogP contribution >= 0.6 is 0 Å². The molecule has 0 aliphatic rings. The molecule has 11 nitrogen and oxygen atoms in total. The zero-order chi connectivity index (χ0) is 27.4. The molecule has 0 radical (unpaired) electrons. The maximum Gasteiger partial charge on any atom is 0.326 e. The number of carboxylic acids is 2. The molecular weight excluding hydrogens is 468 g/mol. The van der Waals surface area contributed by atoms with Crippen LogP contribution in [-0.4, -0.2) is 64.0 Å². The van der Waals surface area contributed by atoms with E-state index in [1.165, 1.54) is 0 Å². The van der Waals surface area contributed by atoms with Crippen molar-refractivity contribution in [1.29, 1.82) is 0 Å². The zero-order valence-electron chi connectivity index (χ0n) is 21.2. The molecular formula is C25H38N4O7. The quantitative estimate of drug-likeness (QED) is 0.200. The van der Waals surface area contributed by atoms with Gasteiger partial charge >= 0.3 is 11.9 Å². The molecule has 3 amide bonds. The molecule has 0 saturated carbocycles. The van der Waals surface area contributed by atoms with Crippen molar-refractivity contribution >= 4 is 29.7 Å². The average Bonchev–Trinajstić information content (AvgIpc) is 2.79. The largest absolute Gasteiger partial charge is 0.481 e. The number of benzene rings is 1. The van der Waals surface area contributed by atoms with Crippen molar-refractivity contribution in [3.63, 3.8) is 0 Å². The van der Waals surface area contributed by atoms with E-state index in [1.54, 1.807) is 44.2 Å². The molecule has 200 valence electrons. The third kappa shape index (κ3) is 10.9. The summed E-state index contributed by atoms with van der Waals surface area (Å²) in [5.41, 5.74) is 6.49. The Morgan fingerprint density at radius 3 is 1.92 bits per heavy atom. The van der Waals surface area contributed by atoms with Crippen LogP contribution in [-0.2, 0) is 30.4 Å². The van der Waals surface area contributed by atoms with Crippen molar-refractivity contribution in [3.8, 4) is 0 Å². The van der Waals surface area contributed by atoms with Gasteiger partial charge in [0, 0.05) is 12.8 Å². The SMILES string of the molecule is CC(C)CC(NC(=O)C(N)CCC(=O)O)C(=O)NC(C(=O)NC(Cc1ccccc1)C(=O)O)C(C)C. The summed E-state index contributed by atoms with van der Waals surface area (Å²) in [6.45, 7) is 7.11. The van der Waals surface area contributed by atoms with Gasteiger partial charge in [-0.1, -0.05) is 58.0 Å². The second-order valence-electron chi connectivity index (χ2n) is 9.55. The van der Waals surface area contributed by atoms with E-state index < -0.39 is 53.8 Å². The Bertz CT molecular complexity index is 905. The van der Waals surface area contributed by atoms with Crippen molar-refractivity contribution in [2.24, 2.45) is 17.6 Å². The normalized spacial score (nSPS) is 14.4. The molecule has 4 unspecified atom stereocenters. The first-order chi connectivity index (χ1) is 16.8. The third-order valence-electron chi connectivity index (χ3n) is 5.49. The predicted molar refractivity (Wildman–Crippen MR) is 133 cm³/mol. The monoisotopic (exact) mass is 506 g/mol. The Kier molecular flexibility index (Phi) is 12.6. The maximum absolute atomic E-state index is 13.1. The Morgan fingerprint density at radius 1 is 0.833 bits per heavy atom. The van der Waals surface area contributed by atoms with E-state index in [-0.39, 0.29) is 37.5 Å². The first kappa shape index (κ1) is 30.6. The fraction of sp³-hybridized carbons (Fsp3) is 0.560. The van der Waals surface area contributed by atoms with E-state index in [0.29, 0.717) is 0 Å². The zero-order valence-corrected chi connectivity index (χ0v) is 21.2. The first-order valence-corrected chi connectivity index (χ1v) is 12.0. The van der Waals surface area contributed by atoms with Gasteiger partial charge in [-0.2, -0.15) is 0 Å². The summed E-state index contributed by atoms with van der Waals surface area (Å²) in [7, 11) is 0. The van der Waals surface area contributed by atoms with Crippen LogP contribution in [0.4, 0.5) is 0 Å². The second kappa shape index (κ2) is 14.8. The Labute approximate surface area is 211 Å². The van der Waals surface area contributed by atoms with Crippen LogP contribution < -0.4 is 21.7 Å². The minimum Gasteiger partial charge on any atom is -0.481 e. The van der Waals surface area contributed by atoms with E-state index in [4.69, 9.17) is 10.8 Å². The molecule has 0 fully saturated rings. The van der Waals surface area contributed by atoms with Crippen LogP contribution in [0.25, 0.3) is 0 Å². The van der Waals surface area contributed by atoms with Crippen LogP contribution in [0.3, 0.4) is 0 Å². The summed E-state index contributed by atoms with van der Waals surface area (Å²) >= 11 is 0. The van der Waals surface area contributed by atoms with E-state index in [9.17, 15) is 29.1 Å². The fourth-order valence-corrected chi connectivity index (χ4v) is 3.49. The topological polar surface area (TPSA) is 188 Å². The van der Waals surface area contributed by atoms with Gasteiger partial charge in [0.25, 0.3) is 0 Å². The van der Waals surface area contributed by atoms with Crippen molar-refractivity contribution in [2.45, 2.75) is 77.5 Å². The number of amides is 3. The van der Waals surface area contributed by atoms with Crippen molar-refractivity contribution in [3.05, 3.63) is 35.9 Å². The van der Waals surface area contributed by atoms with Crippen LogP contribution in [0.2, 0.25) is 0 Å². The standard InChI is InChI=1S/C25H38N4O7/c1-14(2)12-18(27-22(32)17(26)10-11-20(30)31)23(33)29-21(15(3)4)24(34)28-19(25(35)36)13-16-8-6-5-7-9-16/h5-9,14-15,17-19,21H,10-13,26H2,1-4H3,(H,27,32)(H,28,34)(H,29,33)(H,30,31)(H,35,36). The minimum atomic E-state index is -1.21. The molecule has 36 heavy (non-hydrogen) atoms. The average molecular weight is 507 g/mol. The summed E-state index contributed by atoms with van der Waals surface area (Å²) < 4.78 is 0. The van der Waals surface area contributed by atoms with Crippen LogP contribution in [0.5, 0.6) is 0 Å². The van der Waals surface area contributed by atoms with Gasteiger partial charge in [-0.25, -0.2) is 4.79 Å².